The van der Waals surface area contributed by atoms with Gasteiger partial charge in [-0.1, -0.05) is 0 Å². The van der Waals surface area contributed by atoms with E-state index in [0.717, 1.165) is 19.4 Å². The Hall–Kier alpha value is -3.35. The highest BCUT2D eigenvalue weighted by molar-refractivity contribution is 5.81. The third-order valence-corrected chi connectivity index (χ3v) is 5.68. The topological polar surface area (TPSA) is 104 Å². The van der Waals surface area contributed by atoms with E-state index in [1.807, 2.05) is 13.0 Å². The second-order valence-corrected chi connectivity index (χ2v) is 8.18. The fourth-order valence-electron chi connectivity index (χ4n) is 4.07. The third kappa shape index (κ3) is 7.07. The summed E-state index contributed by atoms with van der Waals surface area (Å²) in [5.41, 5.74) is 1.03. The van der Waals surface area contributed by atoms with Gasteiger partial charge in [-0.3, -0.25) is 4.90 Å². The lowest BCUT2D eigenvalue weighted by Gasteiger charge is -2.32. The van der Waals surface area contributed by atoms with Gasteiger partial charge in [0.25, 0.3) is 0 Å². The van der Waals surface area contributed by atoms with Crippen molar-refractivity contribution < 1.29 is 28.5 Å². The van der Waals surface area contributed by atoms with Crippen LogP contribution < -0.4 is 14.8 Å². The number of anilines is 1. The minimum Gasteiger partial charge on any atom is -0.494 e. The van der Waals surface area contributed by atoms with E-state index < -0.39 is 17.8 Å². The highest BCUT2D eigenvalue weighted by Crippen LogP contribution is 2.35. The molecule has 2 atom stereocenters. The number of esters is 1. The van der Waals surface area contributed by atoms with Gasteiger partial charge in [0, 0.05) is 30.4 Å². The first-order valence-corrected chi connectivity index (χ1v) is 11.9. The highest BCUT2D eigenvalue weighted by Gasteiger charge is 2.30. The van der Waals surface area contributed by atoms with Crippen molar-refractivity contribution in [3.05, 3.63) is 53.3 Å². The Balaban J connectivity index is 1.95. The number of β-amino-alcohol motifs (C(OH)–C–C–N with tert-alkyl or cyclic N) is 1. The van der Waals surface area contributed by atoms with Gasteiger partial charge in [0.05, 0.1) is 31.5 Å². The molecular formula is C26H32FN3O5. The summed E-state index contributed by atoms with van der Waals surface area (Å²) in [6.45, 7) is 5.98. The predicted molar refractivity (Wildman–Crippen MR) is 129 cm³/mol. The molecule has 0 spiro atoms. The Labute approximate surface area is 205 Å². The van der Waals surface area contributed by atoms with E-state index in [-0.39, 0.29) is 30.6 Å². The van der Waals surface area contributed by atoms with E-state index in [0.29, 0.717) is 36.7 Å². The van der Waals surface area contributed by atoms with Crippen LogP contribution in [0, 0.1) is 17.1 Å². The quantitative estimate of drug-likeness (QED) is 0.465. The van der Waals surface area contributed by atoms with Crippen LogP contribution in [0.1, 0.15) is 43.9 Å². The monoisotopic (exact) mass is 485 g/mol. The number of piperidine rings is 1. The molecule has 2 aromatic carbocycles. The van der Waals surface area contributed by atoms with Crippen LogP contribution in [-0.2, 0) is 9.53 Å². The summed E-state index contributed by atoms with van der Waals surface area (Å²) in [6.07, 6.45) is 1.36. The summed E-state index contributed by atoms with van der Waals surface area (Å²) in [6, 6.07) is 10.3. The second kappa shape index (κ2) is 12.9. The van der Waals surface area contributed by atoms with Crippen molar-refractivity contribution in [1.29, 1.82) is 5.26 Å². The molecule has 35 heavy (non-hydrogen) atoms. The Morgan fingerprint density at radius 1 is 1.29 bits per heavy atom. The molecule has 0 bridgehead atoms. The zero-order chi connectivity index (χ0) is 25.2. The van der Waals surface area contributed by atoms with Gasteiger partial charge in [-0.05, 0) is 63.6 Å². The van der Waals surface area contributed by atoms with Gasteiger partial charge in [0.2, 0.25) is 0 Å². The van der Waals surface area contributed by atoms with Crippen molar-refractivity contribution >= 4 is 11.7 Å². The molecular weight excluding hydrogens is 453 g/mol. The van der Waals surface area contributed by atoms with Gasteiger partial charge >= 0.3 is 5.97 Å². The first-order valence-electron chi connectivity index (χ1n) is 11.9. The molecule has 1 saturated heterocycles. The summed E-state index contributed by atoms with van der Waals surface area (Å²) >= 11 is 0. The molecule has 0 radical (unpaired) electrons. The lowest BCUT2D eigenvalue weighted by Crippen LogP contribution is -2.42. The van der Waals surface area contributed by atoms with E-state index >= 15 is 4.39 Å². The number of carbonyl (C=O) groups is 1. The number of halogens is 1. The minimum atomic E-state index is -1.16. The predicted octanol–water partition coefficient (Wildman–Crippen LogP) is 3.65. The lowest BCUT2D eigenvalue weighted by molar-refractivity contribution is -0.144. The number of benzene rings is 2. The first-order chi connectivity index (χ1) is 17.0. The standard InChI is InChI=1S/C26H32FN3O5/c1-3-33-21-14-22(24(27)23(15-21)35-20-6-5-11-30(17-20)12-13-31)25(26(32)34-4-2)29-19-9-7-18(16-28)8-10-19/h7-10,14-15,20,25,29,31H,3-6,11-13,17H2,1-2H3/t20-,25?/m1/s1. The zero-order valence-electron chi connectivity index (χ0n) is 20.1. The van der Waals surface area contributed by atoms with Crippen molar-refractivity contribution in [3.63, 3.8) is 0 Å². The summed E-state index contributed by atoms with van der Waals surface area (Å²) in [4.78, 5) is 15.0. The highest BCUT2D eigenvalue weighted by atomic mass is 19.1. The van der Waals surface area contributed by atoms with E-state index in [4.69, 9.17) is 19.5 Å². The third-order valence-electron chi connectivity index (χ3n) is 5.68. The number of nitrogens with one attached hydrogen (secondary N) is 1. The van der Waals surface area contributed by atoms with Gasteiger partial charge in [-0.25, -0.2) is 9.18 Å². The Kier molecular flexibility index (Phi) is 9.70. The van der Waals surface area contributed by atoms with E-state index in [2.05, 4.69) is 10.2 Å². The van der Waals surface area contributed by atoms with Crippen LogP contribution in [0.15, 0.2) is 36.4 Å². The largest absolute Gasteiger partial charge is 0.494 e. The molecule has 1 unspecified atom stereocenters. The van der Waals surface area contributed by atoms with Crippen LogP contribution in [0.5, 0.6) is 11.5 Å². The van der Waals surface area contributed by atoms with Gasteiger partial charge < -0.3 is 24.6 Å². The maximum atomic E-state index is 15.8. The second-order valence-electron chi connectivity index (χ2n) is 8.18. The number of aliphatic hydroxyl groups is 1. The minimum absolute atomic E-state index is 0.00211. The average Bonchev–Trinajstić information content (AvgIpc) is 2.86. The van der Waals surface area contributed by atoms with Gasteiger partial charge in [0.15, 0.2) is 17.6 Å². The van der Waals surface area contributed by atoms with Gasteiger partial charge in [-0.2, -0.15) is 5.26 Å². The number of rotatable bonds is 11. The normalized spacial score (nSPS) is 16.7. The average molecular weight is 486 g/mol. The van der Waals surface area contributed by atoms with Crippen LogP contribution in [-0.4, -0.2) is 61.5 Å². The fourth-order valence-corrected chi connectivity index (χ4v) is 4.07. The van der Waals surface area contributed by atoms with Crippen LogP contribution in [0.4, 0.5) is 10.1 Å². The summed E-state index contributed by atoms with van der Waals surface area (Å²) in [5.74, 6) is -0.954. The molecule has 0 amide bonds. The van der Waals surface area contributed by atoms with Gasteiger partial charge in [0.1, 0.15) is 11.9 Å². The van der Waals surface area contributed by atoms with Crippen molar-refractivity contribution in [2.45, 2.75) is 38.8 Å². The Morgan fingerprint density at radius 3 is 2.71 bits per heavy atom. The molecule has 1 fully saturated rings. The Bertz CT molecular complexity index is 1020. The molecule has 0 aliphatic carbocycles. The molecule has 8 nitrogen and oxygen atoms in total. The molecule has 2 N–H and O–H groups in total. The number of aliphatic hydroxyl groups excluding tert-OH is 1. The molecule has 0 saturated carbocycles. The van der Waals surface area contributed by atoms with Crippen LogP contribution in [0.3, 0.4) is 0 Å². The van der Waals surface area contributed by atoms with E-state index in [1.165, 1.54) is 12.1 Å². The number of nitriles is 1. The summed E-state index contributed by atoms with van der Waals surface area (Å²) in [5, 5.41) is 21.3. The molecule has 0 aromatic heterocycles. The van der Waals surface area contributed by atoms with Crippen molar-refractivity contribution in [1.82, 2.24) is 4.90 Å². The molecule has 9 heteroatoms. The lowest BCUT2D eigenvalue weighted by atomic mass is 10.0. The molecule has 3 rings (SSSR count). The van der Waals surface area contributed by atoms with Gasteiger partial charge in [-0.15, -0.1) is 0 Å². The van der Waals surface area contributed by atoms with Crippen molar-refractivity contribution in [2.75, 3.05) is 44.8 Å². The van der Waals surface area contributed by atoms with Crippen LogP contribution in [0.2, 0.25) is 0 Å². The zero-order valence-corrected chi connectivity index (χ0v) is 20.1. The molecule has 1 aliphatic rings. The molecule has 2 aromatic rings. The van der Waals surface area contributed by atoms with Crippen LogP contribution >= 0.6 is 0 Å². The van der Waals surface area contributed by atoms with Crippen LogP contribution in [0.25, 0.3) is 0 Å². The van der Waals surface area contributed by atoms with Crippen molar-refractivity contribution in [2.24, 2.45) is 0 Å². The fraction of sp³-hybridized carbons (Fsp3) is 0.462. The first kappa shape index (κ1) is 26.3. The SMILES string of the molecule is CCOC(=O)C(Nc1ccc(C#N)cc1)c1cc(OCC)cc(O[C@@H]2CCCN(CCO)C2)c1F. The number of hydrogen-bond donors (Lipinski definition) is 2. The Morgan fingerprint density at radius 2 is 2.06 bits per heavy atom. The number of carbonyl (C=O) groups excluding carboxylic acids is 1. The molecule has 188 valence electrons. The van der Waals surface area contributed by atoms with Crippen molar-refractivity contribution in [3.8, 4) is 17.6 Å². The van der Waals surface area contributed by atoms with E-state index in [9.17, 15) is 9.90 Å². The van der Waals surface area contributed by atoms with E-state index in [1.54, 1.807) is 31.2 Å². The maximum Gasteiger partial charge on any atom is 0.333 e. The molecule has 1 aliphatic heterocycles. The number of hydrogen-bond acceptors (Lipinski definition) is 8. The summed E-state index contributed by atoms with van der Waals surface area (Å²) in [7, 11) is 0. The maximum absolute atomic E-state index is 15.8. The molecule has 1 heterocycles. The number of likely N-dealkylation sites (tertiary alicyclic amines) is 1. The smallest absolute Gasteiger partial charge is 0.333 e. The summed E-state index contributed by atoms with van der Waals surface area (Å²) < 4.78 is 32.8. The number of ether oxygens (including phenoxy) is 3. The number of nitrogens with zero attached hydrogens (tertiary/aromatic N) is 2.